The van der Waals surface area contributed by atoms with Gasteiger partial charge in [-0.2, -0.15) is 0 Å². The molecule has 0 bridgehead atoms. The van der Waals surface area contributed by atoms with Gasteiger partial charge in [-0.15, -0.1) is 0 Å². The van der Waals surface area contributed by atoms with Crippen molar-refractivity contribution in [1.29, 1.82) is 0 Å². The van der Waals surface area contributed by atoms with Crippen LogP contribution in [0.3, 0.4) is 0 Å². The van der Waals surface area contributed by atoms with E-state index >= 15 is 0 Å². The fourth-order valence-corrected chi connectivity index (χ4v) is 2.80. The lowest BCUT2D eigenvalue weighted by Gasteiger charge is -2.20. The minimum Gasteiger partial charge on any atom is -0.480 e. The number of amides is 1. The summed E-state index contributed by atoms with van der Waals surface area (Å²) >= 11 is 0. The molecule has 2 atom stereocenters. The molecule has 5 heteroatoms. The first-order valence-corrected chi connectivity index (χ1v) is 7.99. The molecule has 1 aromatic heterocycles. The lowest BCUT2D eigenvalue weighted by Crippen LogP contribution is -2.45. The van der Waals surface area contributed by atoms with E-state index in [1.165, 1.54) is 0 Å². The number of carboxylic acids is 1. The Labute approximate surface area is 136 Å². The number of aliphatic carboxylic acids is 1. The van der Waals surface area contributed by atoms with Gasteiger partial charge in [0, 0.05) is 30.6 Å². The molecule has 5 nitrogen and oxygen atoms in total. The minimum atomic E-state index is -0.974. The maximum absolute atomic E-state index is 12.1. The van der Waals surface area contributed by atoms with Gasteiger partial charge in [0.15, 0.2) is 0 Å². The summed E-state index contributed by atoms with van der Waals surface area (Å²) < 4.78 is 2.04. The van der Waals surface area contributed by atoms with Gasteiger partial charge < -0.3 is 15.0 Å². The van der Waals surface area contributed by atoms with Crippen LogP contribution >= 0.6 is 0 Å². The number of carbonyl (C=O) groups excluding carboxylic acids is 1. The second kappa shape index (κ2) is 7.31. The number of aromatic nitrogens is 1. The predicted octanol–water partition coefficient (Wildman–Crippen LogP) is 2.73. The summed E-state index contributed by atoms with van der Waals surface area (Å²) in [5.41, 5.74) is 2.24. The van der Waals surface area contributed by atoms with Crippen LogP contribution in [0.5, 0.6) is 0 Å². The van der Waals surface area contributed by atoms with Crippen molar-refractivity contribution in [1.82, 2.24) is 9.88 Å². The third kappa shape index (κ3) is 3.92. The van der Waals surface area contributed by atoms with E-state index < -0.39 is 12.0 Å². The Morgan fingerprint density at radius 3 is 2.65 bits per heavy atom. The van der Waals surface area contributed by atoms with Crippen LogP contribution in [0.15, 0.2) is 30.5 Å². The van der Waals surface area contributed by atoms with E-state index in [0.717, 1.165) is 16.5 Å². The SMILES string of the molecule is CC[C@H](C)[C@H](NC(=O)CCc1cn(C)c2ccccc12)C(=O)O. The predicted molar refractivity (Wildman–Crippen MR) is 90.3 cm³/mol. The number of nitrogens with one attached hydrogen (secondary N) is 1. The number of para-hydroxylation sites is 1. The summed E-state index contributed by atoms with van der Waals surface area (Å²) in [6.45, 7) is 3.76. The Morgan fingerprint density at radius 2 is 2.00 bits per heavy atom. The molecule has 1 amide bonds. The van der Waals surface area contributed by atoms with Crippen LogP contribution in [-0.4, -0.2) is 27.6 Å². The fraction of sp³-hybridized carbons (Fsp3) is 0.444. The van der Waals surface area contributed by atoms with Crippen LogP contribution in [0.1, 0.15) is 32.3 Å². The van der Waals surface area contributed by atoms with E-state index in [0.29, 0.717) is 12.8 Å². The molecule has 23 heavy (non-hydrogen) atoms. The third-order valence-corrected chi connectivity index (χ3v) is 4.40. The lowest BCUT2D eigenvalue weighted by atomic mass is 9.99. The molecule has 0 radical (unpaired) electrons. The molecule has 1 aromatic carbocycles. The highest BCUT2D eigenvalue weighted by Crippen LogP contribution is 2.21. The number of rotatable bonds is 7. The van der Waals surface area contributed by atoms with E-state index in [9.17, 15) is 14.7 Å². The molecule has 2 N–H and O–H groups in total. The molecule has 1 heterocycles. The maximum Gasteiger partial charge on any atom is 0.326 e. The van der Waals surface area contributed by atoms with Gasteiger partial charge in [0.25, 0.3) is 0 Å². The van der Waals surface area contributed by atoms with Crippen LogP contribution in [-0.2, 0) is 23.1 Å². The summed E-state index contributed by atoms with van der Waals surface area (Å²) in [4.78, 5) is 23.4. The Hall–Kier alpha value is -2.30. The number of carbonyl (C=O) groups is 2. The molecule has 0 unspecified atom stereocenters. The van der Waals surface area contributed by atoms with Gasteiger partial charge in [-0.3, -0.25) is 4.79 Å². The molecule has 0 aliphatic carbocycles. The zero-order chi connectivity index (χ0) is 17.0. The zero-order valence-corrected chi connectivity index (χ0v) is 13.9. The Morgan fingerprint density at radius 1 is 1.30 bits per heavy atom. The number of carboxylic acid groups (broad SMARTS) is 1. The van der Waals surface area contributed by atoms with Crippen molar-refractivity contribution in [2.24, 2.45) is 13.0 Å². The molecular formula is C18H24N2O3. The van der Waals surface area contributed by atoms with Gasteiger partial charge in [0.2, 0.25) is 5.91 Å². The highest BCUT2D eigenvalue weighted by molar-refractivity contribution is 5.86. The van der Waals surface area contributed by atoms with Crippen molar-refractivity contribution in [3.05, 3.63) is 36.0 Å². The molecule has 0 fully saturated rings. The van der Waals surface area contributed by atoms with Crippen molar-refractivity contribution in [2.45, 2.75) is 39.2 Å². The first-order valence-electron chi connectivity index (χ1n) is 7.99. The monoisotopic (exact) mass is 316 g/mol. The van der Waals surface area contributed by atoms with Crippen molar-refractivity contribution >= 4 is 22.8 Å². The second-order valence-electron chi connectivity index (χ2n) is 6.05. The molecular weight excluding hydrogens is 292 g/mol. The van der Waals surface area contributed by atoms with Crippen LogP contribution in [0.4, 0.5) is 0 Å². The van der Waals surface area contributed by atoms with Crippen LogP contribution < -0.4 is 5.32 Å². The smallest absolute Gasteiger partial charge is 0.326 e. The molecule has 2 rings (SSSR count). The molecule has 0 saturated carbocycles. The van der Waals surface area contributed by atoms with Gasteiger partial charge in [0.1, 0.15) is 6.04 Å². The molecule has 2 aromatic rings. The second-order valence-corrected chi connectivity index (χ2v) is 6.05. The molecule has 124 valence electrons. The Balaban J connectivity index is 2.02. The van der Waals surface area contributed by atoms with E-state index in [-0.39, 0.29) is 18.2 Å². The number of aryl methyl sites for hydroxylation is 2. The largest absolute Gasteiger partial charge is 0.480 e. The van der Waals surface area contributed by atoms with E-state index in [1.807, 2.05) is 55.9 Å². The average molecular weight is 316 g/mol. The minimum absolute atomic E-state index is 0.0889. The van der Waals surface area contributed by atoms with Gasteiger partial charge in [-0.1, -0.05) is 38.5 Å². The highest BCUT2D eigenvalue weighted by Gasteiger charge is 2.25. The summed E-state index contributed by atoms with van der Waals surface area (Å²) in [5, 5.41) is 13.0. The van der Waals surface area contributed by atoms with Crippen LogP contribution in [0.25, 0.3) is 10.9 Å². The molecule has 0 aliphatic rings. The standard InChI is InChI=1S/C18H24N2O3/c1-4-12(2)17(18(22)23)19-16(21)10-9-13-11-20(3)15-8-6-5-7-14(13)15/h5-8,11-12,17H,4,9-10H2,1-3H3,(H,19,21)(H,22,23)/t12-,17-/m0/s1. The molecule has 0 saturated heterocycles. The van der Waals surface area contributed by atoms with Gasteiger partial charge in [0.05, 0.1) is 0 Å². The van der Waals surface area contributed by atoms with Crippen molar-refractivity contribution < 1.29 is 14.7 Å². The summed E-state index contributed by atoms with van der Waals surface area (Å²) in [7, 11) is 1.98. The topological polar surface area (TPSA) is 71.3 Å². The molecule has 0 spiro atoms. The maximum atomic E-state index is 12.1. The summed E-state index contributed by atoms with van der Waals surface area (Å²) in [5.74, 6) is -1.28. The number of hydrogen-bond acceptors (Lipinski definition) is 2. The van der Waals surface area contributed by atoms with Crippen molar-refractivity contribution in [3.63, 3.8) is 0 Å². The normalized spacial score (nSPS) is 13.7. The van der Waals surface area contributed by atoms with Crippen LogP contribution in [0.2, 0.25) is 0 Å². The highest BCUT2D eigenvalue weighted by atomic mass is 16.4. The molecule has 0 aliphatic heterocycles. The number of fused-ring (bicyclic) bond motifs is 1. The Kier molecular flexibility index (Phi) is 5.42. The van der Waals surface area contributed by atoms with Gasteiger partial charge in [-0.05, 0) is 24.0 Å². The number of nitrogens with zero attached hydrogens (tertiary/aromatic N) is 1. The van der Waals surface area contributed by atoms with Crippen molar-refractivity contribution in [3.8, 4) is 0 Å². The quantitative estimate of drug-likeness (QED) is 0.825. The summed E-state index contributed by atoms with van der Waals surface area (Å²) in [6, 6.07) is 7.24. The van der Waals surface area contributed by atoms with Gasteiger partial charge in [-0.25, -0.2) is 4.79 Å². The lowest BCUT2D eigenvalue weighted by molar-refractivity contribution is -0.143. The van der Waals surface area contributed by atoms with Crippen molar-refractivity contribution in [2.75, 3.05) is 0 Å². The zero-order valence-electron chi connectivity index (χ0n) is 13.9. The Bertz CT molecular complexity index is 705. The average Bonchev–Trinajstić information content (AvgIpc) is 2.86. The fourth-order valence-electron chi connectivity index (χ4n) is 2.80. The summed E-state index contributed by atoms with van der Waals surface area (Å²) in [6.07, 6.45) is 3.62. The van der Waals surface area contributed by atoms with E-state index in [2.05, 4.69) is 5.32 Å². The number of benzene rings is 1. The third-order valence-electron chi connectivity index (χ3n) is 4.40. The number of hydrogen-bond donors (Lipinski definition) is 2. The van der Waals surface area contributed by atoms with Crippen LogP contribution in [0, 0.1) is 5.92 Å². The first-order chi connectivity index (χ1) is 10.9. The first kappa shape index (κ1) is 17.1. The van der Waals surface area contributed by atoms with Gasteiger partial charge >= 0.3 is 5.97 Å². The van der Waals surface area contributed by atoms with E-state index in [1.54, 1.807) is 0 Å². The van der Waals surface area contributed by atoms with E-state index in [4.69, 9.17) is 0 Å².